The highest BCUT2D eigenvalue weighted by Gasteiger charge is 2.31. The maximum Gasteiger partial charge on any atom is 0.309 e. The highest BCUT2D eigenvalue weighted by Crippen LogP contribution is 2.32. The molecule has 144 valence electrons. The Labute approximate surface area is 164 Å². The van der Waals surface area contributed by atoms with Crippen LogP contribution in [0.25, 0.3) is 6.08 Å². The monoisotopic (exact) mass is 387 g/mol. The van der Waals surface area contributed by atoms with Gasteiger partial charge in [0.25, 0.3) is 5.91 Å². The minimum absolute atomic E-state index is 0.0471. The Balaban J connectivity index is 1.60. The van der Waals surface area contributed by atoms with Crippen molar-refractivity contribution in [1.29, 1.82) is 0 Å². The van der Waals surface area contributed by atoms with E-state index in [2.05, 4.69) is 9.89 Å². The molecule has 2 aliphatic rings. The van der Waals surface area contributed by atoms with Crippen molar-refractivity contribution in [2.75, 3.05) is 38.7 Å². The molecule has 1 aromatic rings. The van der Waals surface area contributed by atoms with Gasteiger partial charge < -0.3 is 14.5 Å². The normalized spacial score (nSPS) is 19.4. The molecule has 0 spiro atoms. The third-order valence-corrected chi connectivity index (χ3v) is 5.75. The van der Waals surface area contributed by atoms with Crippen LogP contribution in [-0.2, 0) is 14.3 Å². The molecule has 0 bridgehead atoms. The van der Waals surface area contributed by atoms with Gasteiger partial charge >= 0.3 is 5.97 Å². The highest BCUT2D eigenvalue weighted by atomic mass is 32.2. The Morgan fingerprint density at radius 2 is 1.96 bits per heavy atom. The Kier molecular flexibility index (Phi) is 6.21. The number of hydrogen-bond donors (Lipinski definition) is 0. The molecule has 1 amide bonds. The van der Waals surface area contributed by atoms with Crippen LogP contribution in [0.4, 0.5) is 5.69 Å². The van der Waals surface area contributed by atoms with E-state index in [0.29, 0.717) is 24.6 Å². The molecule has 1 fully saturated rings. The lowest BCUT2D eigenvalue weighted by Gasteiger charge is -2.31. The number of nitrogens with zero attached hydrogens (tertiary/aromatic N) is 3. The van der Waals surface area contributed by atoms with Crippen LogP contribution in [0.2, 0.25) is 0 Å². The summed E-state index contributed by atoms with van der Waals surface area (Å²) in [5.41, 5.74) is 2.10. The topological polar surface area (TPSA) is 62.2 Å². The molecule has 0 saturated carbocycles. The molecule has 0 unspecified atom stereocenters. The molecular formula is C20H25N3O3S. The summed E-state index contributed by atoms with van der Waals surface area (Å²) in [5.74, 6) is -0.357. The molecule has 1 aromatic carbocycles. The van der Waals surface area contributed by atoms with Gasteiger partial charge in [-0.15, -0.1) is 0 Å². The number of rotatable bonds is 4. The van der Waals surface area contributed by atoms with Crippen molar-refractivity contribution in [3.63, 3.8) is 0 Å². The van der Waals surface area contributed by atoms with Gasteiger partial charge in [0.2, 0.25) is 0 Å². The quantitative estimate of drug-likeness (QED) is 0.585. The van der Waals surface area contributed by atoms with Crippen molar-refractivity contribution >= 4 is 40.6 Å². The summed E-state index contributed by atoms with van der Waals surface area (Å²) in [4.78, 5) is 33.1. The van der Waals surface area contributed by atoms with Crippen molar-refractivity contribution in [1.82, 2.24) is 4.90 Å². The first-order valence-corrected chi connectivity index (χ1v) is 10.0. The zero-order valence-electron chi connectivity index (χ0n) is 16.0. The molecule has 1 saturated heterocycles. The van der Waals surface area contributed by atoms with Crippen molar-refractivity contribution in [3.05, 3.63) is 34.7 Å². The van der Waals surface area contributed by atoms with E-state index in [1.54, 1.807) is 0 Å². The van der Waals surface area contributed by atoms with E-state index in [1.165, 1.54) is 11.8 Å². The van der Waals surface area contributed by atoms with Gasteiger partial charge in [-0.1, -0.05) is 12.1 Å². The lowest BCUT2D eigenvalue weighted by molar-refractivity contribution is -0.149. The number of esters is 1. The van der Waals surface area contributed by atoms with Crippen molar-refractivity contribution in [2.45, 2.75) is 19.8 Å². The number of amides is 1. The van der Waals surface area contributed by atoms with E-state index < -0.39 is 0 Å². The van der Waals surface area contributed by atoms with E-state index in [4.69, 9.17) is 4.74 Å². The first-order chi connectivity index (χ1) is 13.0. The van der Waals surface area contributed by atoms with Gasteiger partial charge in [-0.05, 0) is 55.3 Å². The standard InChI is InChI=1S/C20H25N3O3S/c1-4-26-19(25)15-9-11-23(12-10-15)20-21-18(24)17(27-20)13-14-5-7-16(8-6-14)22(2)3/h5-8,13,15H,4,9-12H2,1-3H3/b17-13-. The van der Waals surface area contributed by atoms with Gasteiger partial charge in [0, 0.05) is 32.9 Å². The smallest absolute Gasteiger partial charge is 0.309 e. The summed E-state index contributed by atoms with van der Waals surface area (Å²) in [6.45, 7) is 3.67. The SMILES string of the molecule is CCOC(=O)C1CCN(C2=NC(=O)/C(=C/c3ccc(N(C)C)cc3)S2)CC1. The van der Waals surface area contributed by atoms with Crippen LogP contribution in [0, 0.1) is 5.92 Å². The number of aliphatic imine (C=N–C) groups is 1. The third-order valence-electron chi connectivity index (χ3n) is 4.70. The summed E-state index contributed by atoms with van der Waals surface area (Å²) in [7, 11) is 3.99. The summed E-state index contributed by atoms with van der Waals surface area (Å²) >= 11 is 1.41. The van der Waals surface area contributed by atoms with E-state index in [1.807, 2.05) is 56.3 Å². The lowest BCUT2D eigenvalue weighted by atomic mass is 9.97. The number of carbonyl (C=O) groups is 2. The molecular weight excluding hydrogens is 362 g/mol. The van der Waals surface area contributed by atoms with Crippen LogP contribution in [0.3, 0.4) is 0 Å². The number of carbonyl (C=O) groups excluding carboxylic acids is 2. The molecule has 7 heteroatoms. The Hall–Kier alpha value is -2.28. The van der Waals surface area contributed by atoms with Gasteiger partial charge in [0.15, 0.2) is 5.17 Å². The number of thioether (sulfide) groups is 1. The van der Waals surface area contributed by atoms with Crippen LogP contribution >= 0.6 is 11.8 Å². The molecule has 0 aliphatic carbocycles. The van der Waals surface area contributed by atoms with Crippen molar-refractivity contribution in [3.8, 4) is 0 Å². The van der Waals surface area contributed by atoms with Gasteiger partial charge in [-0.25, -0.2) is 0 Å². The van der Waals surface area contributed by atoms with Crippen LogP contribution in [0.5, 0.6) is 0 Å². The van der Waals surface area contributed by atoms with Crippen molar-refractivity contribution < 1.29 is 14.3 Å². The number of ether oxygens (including phenoxy) is 1. The number of likely N-dealkylation sites (tertiary alicyclic amines) is 1. The third kappa shape index (κ3) is 4.71. The van der Waals surface area contributed by atoms with Gasteiger partial charge in [0.1, 0.15) is 0 Å². The Morgan fingerprint density at radius 3 is 2.56 bits per heavy atom. The molecule has 0 N–H and O–H groups in total. The number of piperidine rings is 1. The second kappa shape index (κ2) is 8.61. The summed E-state index contributed by atoms with van der Waals surface area (Å²) in [6.07, 6.45) is 3.35. The van der Waals surface area contributed by atoms with Gasteiger partial charge in [-0.3, -0.25) is 9.59 Å². The number of anilines is 1. The Morgan fingerprint density at radius 1 is 1.30 bits per heavy atom. The largest absolute Gasteiger partial charge is 0.466 e. The van der Waals surface area contributed by atoms with Crippen molar-refractivity contribution in [2.24, 2.45) is 10.9 Å². The van der Waals surface area contributed by atoms with Crippen LogP contribution < -0.4 is 4.90 Å². The molecule has 0 atom stereocenters. The second-order valence-electron chi connectivity index (χ2n) is 6.81. The summed E-state index contributed by atoms with van der Waals surface area (Å²) < 4.78 is 5.11. The van der Waals surface area contributed by atoms with Gasteiger partial charge in [-0.2, -0.15) is 4.99 Å². The molecule has 0 radical (unpaired) electrons. The fraction of sp³-hybridized carbons (Fsp3) is 0.450. The zero-order chi connectivity index (χ0) is 19.4. The fourth-order valence-electron chi connectivity index (χ4n) is 3.12. The number of amidine groups is 1. The summed E-state index contributed by atoms with van der Waals surface area (Å²) in [5, 5.41) is 0.735. The maximum absolute atomic E-state index is 12.3. The van der Waals surface area contributed by atoms with E-state index >= 15 is 0 Å². The molecule has 27 heavy (non-hydrogen) atoms. The number of hydrogen-bond acceptors (Lipinski definition) is 6. The molecule has 2 heterocycles. The zero-order valence-corrected chi connectivity index (χ0v) is 16.8. The van der Waals surface area contributed by atoms with Crippen LogP contribution in [-0.4, -0.2) is 55.7 Å². The fourth-order valence-corrected chi connectivity index (χ4v) is 4.08. The molecule has 6 nitrogen and oxygen atoms in total. The van der Waals surface area contributed by atoms with E-state index in [0.717, 1.165) is 29.3 Å². The first kappa shape index (κ1) is 19.5. The minimum Gasteiger partial charge on any atom is -0.466 e. The van der Waals surface area contributed by atoms with Crippen LogP contribution in [0.1, 0.15) is 25.3 Å². The molecule has 3 rings (SSSR count). The lowest BCUT2D eigenvalue weighted by Crippen LogP contribution is -2.39. The summed E-state index contributed by atoms with van der Waals surface area (Å²) in [6, 6.07) is 8.05. The average Bonchev–Trinajstić information content (AvgIpc) is 3.03. The van der Waals surface area contributed by atoms with Gasteiger partial charge in [0.05, 0.1) is 17.4 Å². The number of benzene rings is 1. The second-order valence-corrected chi connectivity index (χ2v) is 7.82. The van der Waals surface area contributed by atoms with E-state index in [9.17, 15) is 9.59 Å². The van der Waals surface area contributed by atoms with Crippen LogP contribution in [0.15, 0.2) is 34.2 Å². The molecule has 2 aliphatic heterocycles. The predicted molar refractivity (Wildman–Crippen MR) is 110 cm³/mol. The highest BCUT2D eigenvalue weighted by molar-refractivity contribution is 8.18. The first-order valence-electron chi connectivity index (χ1n) is 9.19. The van der Waals surface area contributed by atoms with E-state index in [-0.39, 0.29) is 17.8 Å². The Bertz CT molecular complexity index is 763. The molecule has 0 aromatic heterocycles. The average molecular weight is 388 g/mol. The predicted octanol–water partition coefficient (Wildman–Crippen LogP) is 3.00. The minimum atomic E-state index is -0.195. The maximum atomic E-state index is 12.3.